The van der Waals surface area contributed by atoms with Gasteiger partial charge in [-0.1, -0.05) is 25.4 Å². The van der Waals surface area contributed by atoms with Gasteiger partial charge in [-0.25, -0.2) is 0 Å². The van der Waals surface area contributed by atoms with Crippen LogP contribution in [-0.2, 0) is 4.79 Å². The second-order valence-corrected chi connectivity index (χ2v) is 4.34. The molecule has 0 aliphatic carbocycles. The average molecular weight is 257 g/mol. The second kappa shape index (κ2) is 6.47. The molecule has 4 nitrogen and oxygen atoms in total. The zero-order chi connectivity index (χ0) is 12.8. The van der Waals surface area contributed by atoms with Gasteiger partial charge in [0.2, 0.25) is 5.91 Å². The van der Waals surface area contributed by atoms with Crippen LogP contribution in [-0.4, -0.2) is 25.6 Å². The number of nitrogens with one attached hydrogen (secondary N) is 2. The Labute approximate surface area is 106 Å². The van der Waals surface area contributed by atoms with Crippen molar-refractivity contribution in [3.05, 3.63) is 23.2 Å². The largest absolute Gasteiger partial charge is 0.495 e. The molecule has 5 heteroatoms. The van der Waals surface area contributed by atoms with Crippen LogP contribution in [0.4, 0.5) is 5.69 Å². The topological polar surface area (TPSA) is 50.4 Å². The molecule has 0 atom stereocenters. The van der Waals surface area contributed by atoms with Crippen molar-refractivity contribution in [3.8, 4) is 5.75 Å². The van der Waals surface area contributed by atoms with Crippen LogP contribution in [0.1, 0.15) is 13.8 Å². The molecule has 2 N–H and O–H groups in total. The first-order valence-corrected chi connectivity index (χ1v) is 5.77. The Hall–Kier alpha value is -1.26. The van der Waals surface area contributed by atoms with Gasteiger partial charge >= 0.3 is 0 Å². The minimum absolute atomic E-state index is 0.0944. The predicted octanol–water partition coefficient (Wildman–Crippen LogP) is 2.29. The highest BCUT2D eigenvalue weighted by molar-refractivity contribution is 6.32. The molecule has 0 aliphatic rings. The van der Waals surface area contributed by atoms with Crippen molar-refractivity contribution in [2.75, 3.05) is 19.0 Å². The van der Waals surface area contributed by atoms with E-state index in [1.807, 2.05) is 13.8 Å². The zero-order valence-electron chi connectivity index (χ0n) is 10.2. The molecule has 0 heterocycles. The summed E-state index contributed by atoms with van der Waals surface area (Å²) in [5.74, 6) is 0.448. The maximum absolute atomic E-state index is 11.6. The van der Waals surface area contributed by atoms with E-state index >= 15 is 0 Å². The number of methoxy groups -OCH3 is 1. The highest BCUT2D eigenvalue weighted by Crippen LogP contribution is 2.27. The van der Waals surface area contributed by atoms with Gasteiger partial charge in [0.15, 0.2) is 0 Å². The number of anilines is 1. The van der Waals surface area contributed by atoms with Crippen molar-refractivity contribution in [2.24, 2.45) is 0 Å². The van der Waals surface area contributed by atoms with Gasteiger partial charge in [0.25, 0.3) is 0 Å². The smallest absolute Gasteiger partial charge is 0.238 e. The zero-order valence-corrected chi connectivity index (χ0v) is 11.0. The number of halogens is 1. The van der Waals surface area contributed by atoms with Gasteiger partial charge in [-0.3, -0.25) is 4.79 Å². The van der Waals surface area contributed by atoms with Crippen molar-refractivity contribution in [1.82, 2.24) is 5.32 Å². The maximum Gasteiger partial charge on any atom is 0.238 e. The van der Waals surface area contributed by atoms with Crippen molar-refractivity contribution in [3.63, 3.8) is 0 Å². The number of carbonyl (C=O) groups excluding carboxylic acids is 1. The number of ether oxygens (including phenoxy) is 1. The Morgan fingerprint density at radius 2 is 2.18 bits per heavy atom. The molecule has 0 fully saturated rings. The summed E-state index contributed by atoms with van der Waals surface area (Å²) in [5.41, 5.74) is 0.668. The molecule has 1 amide bonds. The molecule has 1 aromatic carbocycles. The van der Waals surface area contributed by atoms with Gasteiger partial charge in [0, 0.05) is 17.8 Å². The Balaban J connectivity index is 2.59. The molecule has 1 rings (SSSR count). The summed E-state index contributed by atoms with van der Waals surface area (Å²) in [5, 5.41) is 6.31. The quantitative estimate of drug-likeness (QED) is 0.850. The van der Waals surface area contributed by atoms with Gasteiger partial charge in [-0.15, -0.1) is 0 Å². The van der Waals surface area contributed by atoms with E-state index in [0.717, 1.165) is 0 Å². The van der Waals surface area contributed by atoms with E-state index < -0.39 is 0 Å². The normalized spacial score (nSPS) is 10.4. The summed E-state index contributed by atoms with van der Waals surface area (Å²) in [6, 6.07) is 5.39. The highest BCUT2D eigenvalue weighted by Gasteiger charge is 2.06. The lowest BCUT2D eigenvalue weighted by molar-refractivity contribution is -0.115. The summed E-state index contributed by atoms with van der Waals surface area (Å²) < 4.78 is 5.07. The summed E-state index contributed by atoms with van der Waals surface area (Å²) in [7, 11) is 1.53. The number of rotatable bonds is 5. The van der Waals surface area contributed by atoms with Crippen LogP contribution >= 0.6 is 11.6 Å². The molecular formula is C12H17ClN2O2. The molecular weight excluding hydrogens is 240 g/mol. The molecule has 17 heavy (non-hydrogen) atoms. The summed E-state index contributed by atoms with van der Waals surface area (Å²) >= 11 is 5.89. The van der Waals surface area contributed by atoms with E-state index in [0.29, 0.717) is 16.5 Å². The molecule has 1 aromatic rings. The van der Waals surface area contributed by atoms with Gasteiger partial charge in [-0.2, -0.15) is 0 Å². The maximum atomic E-state index is 11.6. The number of carbonyl (C=O) groups is 1. The standard InChI is InChI=1S/C12H17ClN2O2/c1-8(2)14-7-12(16)15-9-4-5-10(13)11(6-9)17-3/h4-6,8,14H,7H2,1-3H3,(H,15,16). The molecule has 0 aromatic heterocycles. The van der Waals surface area contributed by atoms with Crippen LogP contribution in [0.3, 0.4) is 0 Å². The van der Waals surface area contributed by atoms with Gasteiger partial charge < -0.3 is 15.4 Å². The fourth-order valence-electron chi connectivity index (χ4n) is 1.24. The lowest BCUT2D eigenvalue weighted by Gasteiger charge is -2.10. The van der Waals surface area contributed by atoms with E-state index in [-0.39, 0.29) is 18.5 Å². The van der Waals surface area contributed by atoms with E-state index in [4.69, 9.17) is 16.3 Å². The molecule has 0 saturated heterocycles. The third-order valence-electron chi connectivity index (χ3n) is 2.11. The Kier molecular flexibility index (Phi) is 5.25. The lowest BCUT2D eigenvalue weighted by Crippen LogP contribution is -2.32. The number of amides is 1. The lowest BCUT2D eigenvalue weighted by atomic mass is 10.3. The summed E-state index contributed by atoms with van der Waals surface area (Å²) in [6.07, 6.45) is 0. The first-order valence-electron chi connectivity index (χ1n) is 5.39. The number of hydrogen-bond acceptors (Lipinski definition) is 3. The van der Waals surface area contributed by atoms with E-state index in [2.05, 4.69) is 10.6 Å². The Morgan fingerprint density at radius 1 is 1.47 bits per heavy atom. The molecule has 0 unspecified atom stereocenters. The summed E-state index contributed by atoms with van der Waals surface area (Å²) in [4.78, 5) is 11.6. The SMILES string of the molecule is COc1cc(NC(=O)CNC(C)C)ccc1Cl. The van der Waals surface area contributed by atoms with Crippen molar-refractivity contribution in [1.29, 1.82) is 0 Å². The summed E-state index contributed by atoms with van der Waals surface area (Å²) in [6.45, 7) is 4.25. The molecule has 0 radical (unpaired) electrons. The first kappa shape index (κ1) is 13.8. The molecule has 0 spiro atoms. The van der Waals surface area contributed by atoms with Gasteiger partial charge in [0.1, 0.15) is 5.75 Å². The van der Waals surface area contributed by atoms with Gasteiger partial charge in [-0.05, 0) is 12.1 Å². The average Bonchev–Trinajstić information content (AvgIpc) is 2.29. The Morgan fingerprint density at radius 3 is 2.76 bits per heavy atom. The van der Waals surface area contributed by atoms with Crippen molar-refractivity contribution in [2.45, 2.75) is 19.9 Å². The van der Waals surface area contributed by atoms with E-state index in [1.165, 1.54) is 7.11 Å². The molecule has 0 bridgehead atoms. The molecule has 94 valence electrons. The van der Waals surface area contributed by atoms with Crippen LogP contribution in [0.15, 0.2) is 18.2 Å². The molecule has 0 saturated carbocycles. The van der Waals surface area contributed by atoms with E-state index in [1.54, 1.807) is 18.2 Å². The van der Waals surface area contributed by atoms with Crippen LogP contribution < -0.4 is 15.4 Å². The Bertz CT molecular complexity index is 394. The fourth-order valence-corrected chi connectivity index (χ4v) is 1.43. The number of benzene rings is 1. The minimum atomic E-state index is -0.0944. The van der Waals surface area contributed by atoms with Crippen molar-refractivity contribution < 1.29 is 9.53 Å². The third-order valence-corrected chi connectivity index (χ3v) is 2.42. The second-order valence-electron chi connectivity index (χ2n) is 3.93. The molecule has 0 aliphatic heterocycles. The van der Waals surface area contributed by atoms with Crippen LogP contribution in [0.5, 0.6) is 5.75 Å². The van der Waals surface area contributed by atoms with Crippen molar-refractivity contribution >= 4 is 23.2 Å². The monoisotopic (exact) mass is 256 g/mol. The predicted molar refractivity (Wildman–Crippen MR) is 69.8 cm³/mol. The van der Waals surface area contributed by atoms with E-state index in [9.17, 15) is 4.79 Å². The number of hydrogen-bond donors (Lipinski definition) is 2. The third kappa shape index (κ3) is 4.63. The van der Waals surface area contributed by atoms with Crippen LogP contribution in [0.2, 0.25) is 5.02 Å². The van der Waals surface area contributed by atoms with Crippen LogP contribution in [0.25, 0.3) is 0 Å². The van der Waals surface area contributed by atoms with Crippen LogP contribution in [0, 0.1) is 0 Å². The fraction of sp³-hybridized carbons (Fsp3) is 0.417. The first-order chi connectivity index (χ1) is 8.02. The van der Waals surface area contributed by atoms with Gasteiger partial charge in [0.05, 0.1) is 18.7 Å². The minimum Gasteiger partial charge on any atom is -0.495 e. The highest BCUT2D eigenvalue weighted by atomic mass is 35.5.